The summed E-state index contributed by atoms with van der Waals surface area (Å²) in [6.45, 7) is 1.14. The van der Waals surface area contributed by atoms with Crippen LogP contribution in [-0.4, -0.2) is 65.0 Å². The average molecular weight is 481 g/mol. The number of nitrogens with one attached hydrogen (secondary N) is 3. The summed E-state index contributed by atoms with van der Waals surface area (Å²) in [7, 11) is 1.48. The number of piperidine rings is 1. The molecule has 10 nitrogen and oxygen atoms in total. The van der Waals surface area contributed by atoms with Gasteiger partial charge in [0.15, 0.2) is 11.5 Å². The molecular weight excluding hydrogens is 448 g/mol. The van der Waals surface area contributed by atoms with Crippen LogP contribution in [0.3, 0.4) is 0 Å². The number of ether oxygens (including phenoxy) is 1. The average Bonchev–Trinajstić information content (AvgIpc) is 2.90. The van der Waals surface area contributed by atoms with Gasteiger partial charge in [-0.15, -0.1) is 0 Å². The van der Waals surface area contributed by atoms with Crippen LogP contribution in [0.4, 0.5) is 10.6 Å². The molecule has 35 heavy (non-hydrogen) atoms. The maximum Gasteiger partial charge on any atom is 0.317 e. The van der Waals surface area contributed by atoms with Gasteiger partial charge in [0.25, 0.3) is 11.8 Å². The van der Waals surface area contributed by atoms with E-state index in [-0.39, 0.29) is 29.6 Å². The maximum atomic E-state index is 13.0. The van der Waals surface area contributed by atoms with Crippen LogP contribution in [-0.2, 0) is 0 Å². The minimum atomic E-state index is -0.450. The molecule has 0 spiro atoms. The van der Waals surface area contributed by atoms with Crippen LogP contribution in [0.15, 0.2) is 36.7 Å². The lowest BCUT2D eigenvalue weighted by molar-refractivity contribution is 0.0913. The lowest BCUT2D eigenvalue weighted by Crippen LogP contribution is -2.51. The van der Waals surface area contributed by atoms with Crippen molar-refractivity contribution >= 4 is 23.7 Å². The number of nitrogens with zero attached hydrogens (tertiary/aromatic N) is 3. The third-order valence-electron chi connectivity index (χ3n) is 6.55. The smallest absolute Gasteiger partial charge is 0.317 e. The van der Waals surface area contributed by atoms with Crippen LogP contribution in [0.1, 0.15) is 65.8 Å². The number of para-hydroxylation sites is 1. The fourth-order valence-corrected chi connectivity index (χ4v) is 4.60. The molecule has 4 amide bonds. The van der Waals surface area contributed by atoms with E-state index < -0.39 is 11.8 Å². The van der Waals surface area contributed by atoms with Gasteiger partial charge >= 0.3 is 6.03 Å². The predicted octanol–water partition coefficient (Wildman–Crippen LogP) is 2.97. The number of hydrogen-bond acceptors (Lipinski definition) is 6. The van der Waals surface area contributed by atoms with E-state index in [1.807, 2.05) is 4.90 Å². The van der Waals surface area contributed by atoms with Crippen LogP contribution < -0.4 is 20.7 Å². The maximum absolute atomic E-state index is 13.0. The van der Waals surface area contributed by atoms with Crippen LogP contribution in [0.25, 0.3) is 0 Å². The fourth-order valence-electron chi connectivity index (χ4n) is 4.60. The molecule has 2 aliphatic rings. The van der Waals surface area contributed by atoms with Gasteiger partial charge in [-0.3, -0.25) is 9.59 Å². The van der Waals surface area contributed by atoms with E-state index in [1.54, 1.807) is 24.3 Å². The second-order valence-corrected chi connectivity index (χ2v) is 8.93. The van der Waals surface area contributed by atoms with Gasteiger partial charge in [-0.05, 0) is 37.8 Å². The van der Waals surface area contributed by atoms with Gasteiger partial charge in [0.05, 0.1) is 12.7 Å². The zero-order chi connectivity index (χ0) is 24.6. The summed E-state index contributed by atoms with van der Waals surface area (Å²) in [5.74, 6) is -0.378. The molecule has 1 aromatic carbocycles. The Balaban J connectivity index is 1.32. The van der Waals surface area contributed by atoms with Crippen LogP contribution in [0, 0.1) is 0 Å². The molecule has 2 aromatic rings. The molecule has 0 bridgehead atoms. The molecule has 1 saturated heterocycles. The van der Waals surface area contributed by atoms with E-state index in [4.69, 9.17) is 4.74 Å². The Morgan fingerprint density at radius 3 is 2.31 bits per heavy atom. The Kier molecular flexibility index (Phi) is 8.12. The van der Waals surface area contributed by atoms with Crippen molar-refractivity contribution in [3.05, 3.63) is 47.9 Å². The number of likely N-dealkylation sites (tertiary alicyclic amines) is 1. The Bertz CT molecular complexity index is 1050. The van der Waals surface area contributed by atoms with Gasteiger partial charge in [-0.25, -0.2) is 14.8 Å². The minimum Gasteiger partial charge on any atom is -0.496 e. The molecule has 4 rings (SSSR count). The first-order chi connectivity index (χ1) is 17.0. The van der Waals surface area contributed by atoms with Gasteiger partial charge in [-0.1, -0.05) is 31.4 Å². The van der Waals surface area contributed by atoms with Crippen LogP contribution >= 0.6 is 0 Å². The second kappa shape index (κ2) is 11.6. The largest absolute Gasteiger partial charge is 0.496 e. The summed E-state index contributed by atoms with van der Waals surface area (Å²) < 4.78 is 5.24. The van der Waals surface area contributed by atoms with Crippen molar-refractivity contribution in [3.63, 3.8) is 0 Å². The van der Waals surface area contributed by atoms with E-state index in [0.717, 1.165) is 12.8 Å². The molecule has 1 saturated carbocycles. The molecule has 1 aliphatic carbocycles. The van der Waals surface area contributed by atoms with Gasteiger partial charge < -0.3 is 25.6 Å². The summed E-state index contributed by atoms with van der Waals surface area (Å²) in [5, 5.41) is 8.79. The molecule has 186 valence electrons. The Morgan fingerprint density at radius 2 is 1.57 bits per heavy atom. The van der Waals surface area contributed by atoms with Crippen molar-refractivity contribution < 1.29 is 19.1 Å². The van der Waals surface area contributed by atoms with Crippen molar-refractivity contribution in [1.82, 2.24) is 25.5 Å². The number of urea groups is 1. The monoisotopic (exact) mass is 480 g/mol. The highest BCUT2D eigenvalue weighted by atomic mass is 16.5. The van der Waals surface area contributed by atoms with Gasteiger partial charge in [0.2, 0.25) is 0 Å². The van der Waals surface area contributed by atoms with E-state index in [2.05, 4.69) is 25.9 Å². The van der Waals surface area contributed by atoms with Crippen LogP contribution in [0.5, 0.6) is 5.75 Å². The number of rotatable bonds is 6. The first-order valence-electron chi connectivity index (χ1n) is 12.2. The molecule has 0 atom stereocenters. The number of methoxy groups -OCH3 is 1. The summed E-state index contributed by atoms with van der Waals surface area (Å²) in [6.07, 6.45) is 9.79. The lowest BCUT2D eigenvalue weighted by Gasteiger charge is -2.34. The predicted molar refractivity (Wildman–Crippen MR) is 130 cm³/mol. The number of benzene rings is 1. The molecule has 2 fully saturated rings. The van der Waals surface area contributed by atoms with Gasteiger partial charge in [0, 0.05) is 37.6 Å². The number of carbonyl (C=O) groups is 3. The highest BCUT2D eigenvalue weighted by Gasteiger charge is 2.27. The second-order valence-electron chi connectivity index (χ2n) is 8.93. The standard InChI is InChI=1S/C25H32N6O4/c1-35-20-10-6-5-9-19(20)23(32)30-22-21(26-13-14-27-22)24(33)28-18-11-15-31(16-12-18)25(34)29-17-7-3-2-4-8-17/h5-6,9-10,13-14,17-18H,2-4,7-8,11-12,15-16H2,1H3,(H,28,33)(H,29,34)(H,27,30,32). The third-order valence-corrected chi connectivity index (χ3v) is 6.55. The Hall–Kier alpha value is -3.69. The van der Waals surface area contributed by atoms with Crippen molar-refractivity contribution in [3.8, 4) is 5.75 Å². The lowest BCUT2D eigenvalue weighted by atomic mass is 9.95. The van der Waals surface area contributed by atoms with E-state index in [9.17, 15) is 14.4 Å². The topological polar surface area (TPSA) is 126 Å². The molecule has 1 aromatic heterocycles. The number of aromatic nitrogens is 2. The Labute approximate surface area is 204 Å². The van der Waals surface area contributed by atoms with Gasteiger partial charge in [-0.2, -0.15) is 0 Å². The van der Waals surface area contributed by atoms with Crippen LogP contribution in [0.2, 0.25) is 0 Å². The highest BCUT2D eigenvalue weighted by molar-refractivity contribution is 6.08. The Morgan fingerprint density at radius 1 is 0.886 bits per heavy atom. The van der Waals surface area contributed by atoms with Crippen molar-refractivity contribution in [1.29, 1.82) is 0 Å². The molecular formula is C25H32N6O4. The quantitative estimate of drug-likeness (QED) is 0.584. The molecule has 0 radical (unpaired) electrons. The van der Waals surface area contributed by atoms with Crippen molar-refractivity contribution in [2.45, 2.75) is 57.0 Å². The summed E-state index contributed by atoms with van der Waals surface area (Å²) in [6, 6.07) is 6.96. The molecule has 10 heteroatoms. The SMILES string of the molecule is COc1ccccc1C(=O)Nc1nccnc1C(=O)NC1CCN(C(=O)NC2CCCCC2)CC1. The molecule has 0 unspecified atom stereocenters. The summed E-state index contributed by atoms with van der Waals surface area (Å²) >= 11 is 0. The number of amides is 4. The zero-order valence-electron chi connectivity index (χ0n) is 20.0. The first-order valence-corrected chi connectivity index (χ1v) is 12.2. The molecule has 1 aliphatic heterocycles. The van der Waals surface area contributed by atoms with Crippen molar-refractivity contribution in [2.24, 2.45) is 0 Å². The van der Waals surface area contributed by atoms with Gasteiger partial charge in [0.1, 0.15) is 5.75 Å². The first kappa shape index (κ1) is 24.4. The highest BCUT2D eigenvalue weighted by Crippen LogP contribution is 2.21. The fraction of sp³-hybridized carbons (Fsp3) is 0.480. The van der Waals surface area contributed by atoms with E-state index in [0.29, 0.717) is 37.2 Å². The zero-order valence-corrected chi connectivity index (χ0v) is 20.0. The van der Waals surface area contributed by atoms with E-state index >= 15 is 0 Å². The minimum absolute atomic E-state index is 0.0167. The van der Waals surface area contributed by atoms with Crippen molar-refractivity contribution in [2.75, 3.05) is 25.5 Å². The third kappa shape index (κ3) is 6.26. The molecule has 2 heterocycles. The number of hydrogen-bond donors (Lipinski definition) is 3. The molecule has 3 N–H and O–H groups in total. The normalized spacial score (nSPS) is 16.9. The number of carbonyl (C=O) groups excluding carboxylic acids is 3. The summed E-state index contributed by atoms with van der Waals surface area (Å²) in [4.78, 5) is 48.4. The summed E-state index contributed by atoms with van der Waals surface area (Å²) in [5.41, 5.74) is 0.360. The number of anilines is 1. The van der Waals surface area contributed by atoms with E-state index in [1.165, 1.54) is 38.8 Å².